The van der Waals surface area contributed by atoms with E-state index in [0.29, 0.717) is 18.7 Å². The monoisotopic (exact) mass is 283 g/mol. The van der Waals surface area contributed by atoms with Gasteiger partial charge in [-0.3, -0.25) is 4.79 Å². The molecule has 6 heteroatoms. The van der Waals surface area contributed by atoms with Crippen LogP contribution in [0.4, 0.5) is 10.1 Å². The molecule has 0 aliphatic rings. The van der Waals surface area contributed by atoms with E-state index in [-0.39, 0.29) is 22.5 Å². The van der Waals surface area contributed by atoms with Gasteiger partial charge in [0.25, 0.3) is 0 Å². The minimum Gasteiger partial charge on any atom is -0.389 e. The molecule has 4 N–H and O–H groups in total. The van der Waals surface area contributed by atoms with Crippen LogP contribution in [-0.4, -0.2) is 23.5 Å². The Balaban J connectivity index is 2.61. The quantitative estimate of drug-likeness (QED) is 0.696. The Morgan fingerprint density at radius 2 is 2.16 bits per heavy atom. The maximum absolute atomic E-state index is 13.6. The van der Waals surface area contributed by atoms with Crippen molar-refractivity contribution in [1.82, 2.24) is 5.32 Å². The van der Waals surface area contributed by atoms with Crippen molar-refractivity contribution in [3.8, 4) is 0 Å². The summed E-state index contributed by atoms with van der Waals surface area (Å²) in [5.74, 6) is -0.528. The summed E-state index contributed by atoms with van der Waals surface area (Å²) in [6, 6.07) is 4.64. The van der Waals surface area contributed by atoms with Crippen molar-refractivity contribution >= 4 is 28.8 Å². The van der Waals surface area contributed by atoms with Crippen molar-refractivity contribution in [3.63, 3.8) is 0 Å². The third-order valence-corrected chi connectivity index (χ3v) is 2.58. The van der Waals surface area contributed by atoms with Crippen molar-refractivity contribution in [2.45, 2.75) is 26.3 Å². The van der Waals surface area contributed by atoms with Crippen LogP contribution < -0.4 is 16.4 Å². The van der Waals surface area contributed by atoms with E-state index in [1.807, 2.05) is 13.8 Å². The summed E-state index contributed by atoms with van der Waals surface area (Å²) in [6.07, 6.45) is 0.297. The maximum Gasteiger partial charge on any atom is 0.221 e. The molecule has 1 rings (SSSR count). The van der Waals surface area contributed by atoms with E-state index in [9.17, 15) is 9.18 Å². The average Bonchev–Trinajstić information content (AvgIpc) is 2.27. The van der Waals surface area contributed by atoms with Crippen LogP contribution in [0.3, 0.4) is 0 Å². The highest BCUT2D eigenvalue weighted by atomic mass is 32.1. The van der Waals surface area contributed by atoms with Gasteiger partial charge < -0.3 is 16.4 Å². The van der Waals surface area contributed by atoms with E-state index in [0.717, 1.165) is 0 Å². The fourth-order valence-electron chi connectivity index (χ4n) is 1.63. The number of carbonyl (C=O) groups is 1. The van der Waals surface area contributed by atoms with E-state index >= 15 is 0 Å². The standard InChI is InChI=1S/C13H18FN3OS/c1-8(2)17-11(18)6-7-16-10-5-3-4-9(14)12(10)13(15)19/h3-5,8,16H,6-7H2,1-2H3,(H2,15,19)(H,17,18). The lowest BCUT2D eigenvalue weighted by molar-refractivity contribution is -0.121. The molecule has 0 aromatic heterocycles. The Morgan fingerprint density at radius 3 is 2.74 bits per heavy atom. The van der Waals surface area contributed by atoms with Crippen LogP contribution in [0, 0.1) is 5.82 Å². The van der Waals surface area contributed by atoms with Gasteiger partial charge in [0.15, 0.2) is 0 Å². The predicted octanol–water partition coefficient (Wildman–Crippen LogP) is 1.79. The number of nitrogens with one attached hydrogen (secondary N) is 2. The van der Waals surface area contributed by atoms with Gasteiger partial charge in [-0.05, 0) is 26.0 Å². The molecule has 0 saturated heterocycles. The summed E-state index contributed by atoms with van der Waals surface area (Å²) in [5.41, 5.74) is 6.17. The first kappa shape index (κ1) is 15.4. The number of carbonyl (C=O) groups excluding carboxylic acids is 1. The maximum atomic E-state index is 13.6. The number of hydrogen-bond acceptors (Lipinski definition) is 3. The lowest BCUT2D eigenvalue weighted by Crippen LogP contribution is -2.31. The lowest BCUT2D eigenvalue weighted by atomic mass is 10.1. The van der Waals surface area contributed by atoms with Gasteiger partial charge in [0.2, 0.25) is 5.91 Å². The number of rotatable bonds is 6. The molecule has 104 valence electrons. The zero-order valence-electron chi connectivity index (χ0n) is 11.0. The van der Waals surface area contributed by atoms with Crippen LogP contribution >= 0.6 is 12.2 Å². The molecule has 0 aliphatic heterocycles. The third kappa shape index (κ3) is 4.82. The molecule has 0 fully saturated rings. The zero-order valence-corrected chi connectivity index (χ0v) is 11.8. The van der Waals surface area contributed by atoms with Gasteiger partial charge in [-0.2, -0.15) is 0 Å². The van der Waals surface area contributed by atoms with Gasteiger partial charge in [-0.25, -0.2) is 4.39 Å². The molecule has 0 radical (unpaired) electrons. The van der Waals surface area contributed by atoms with Crippen LogP contribution in [0.15, 0.2) is 18.2 Å². The summed E-state index contributed by atoms with van der Waals surface area (Å²) in [4.78, 5) is 11.4. The molecule has 0 saturated carbocycles. The molecule has 0 aliphatic carbocycles. The van der Waals surface area contributed by atoms with E-state index in [2.05, 4.69) is 10.6 Å². The second-order valence-electron chi connectivity index (χ2n) is 4.43. The van der Waals surface area contributed by atoms with E-state index < -0.39 is 5.82 Å². The Bertz CT molecular complexity index is 477. The summed E-state index contributed by atoms with van der Waals surface area (Å²) >= 11 is 4.81. The van der Waals surface area contributed by atoms with Gasteiger partial charge in [-0.1, -0.05) is 18.3 Å². The van der Waals surface area contributed by atoms with Gasteiger partial charge >= 0.3 is 0 Å². The molecule has 0 unspecified atom stereocenters. The largest absolute Gasteiger partial charge is 0.389 e. The second kappa shape index (κ2) is 7.04. The highest BCUT2D eigenvalue weighted by Crippen LogP contribution is 2.18. The molecule has 1 aromatic carbocycles. The van der Waals surface area contributed by atoms with E-state index in [1.165, 1.54) is 6.07 Å². The highest BCUT2D eigenvalue weighted by molar-refractivity contribution is 7.80. The van der Waals surface area contributed by atoms with E-state index in [1.54, 1.807) is 12.1 Å². The van der Waals surface area contributed by atoms with Crippen LogP contribution in [0.5, 0.6) is 0 Å². The Hall–Kier alpha value is -1.69. The van der Waals surface area contributed by atoms with Crippen LogP contribution in [-0.2, 0) is 4.79 Å². The number of amides is 1. The van der Waals surface area contributed by atoms with Crippen LogP contribution in [0.2, 0.25) is 0 Å². The van der Waals surface area contributed by atoms with Crippen molar-refractivity contribution < 1.29 is 9.18 Å². The molecular formula is C13H18FN3OS. The Morgan fingerprint density at radius 1 is 1.47 bits per heavy atom. The molecule has 1 aromatic rings. The van der Waals surface area contributed by atoms with E-state index in [4.69, 9.17) is 18.0 Å². The Kier molecular flexibility index (Phi) is 5.69. The number of thiocarbonyl (C=S) groups is 1. The third-order valence-electron chi connectivity index (χ3n) is 2.38. The van der Waals surface area contributed by atoms with Crippen LogP contribution in [0.1, 0.15) is 25.8 Å². The normalized spacial score (nSPS) is 10.3. The highest BCUT2D eigenvalue weighted by Gasteiger charge is 2.11. The first-order valence-corrected chi connectivity index (χ1v) is 6.44. The number of anilines is 1. The smallest absolute Gasteiger partial charge is 0.221 e. The summed E-state index contributed by atoms with van der Waals surface area (Å²) in [6.45, 7) is 4.17. The molecule has 4 nitrogen and oxygen atoms in total. The number of nitrogens with two attached hydrogens (primary N) is 1. The minimum absolute atomic E-state index is 0.00719. The molecule has 0 atom stereocenters. The molecule has 0 bridgehead atoms. The van der Waals surface area contributed by atoms with Crippen molar-refractivity contribution in [2.24, 2.45) is 5.73 Å². The first-order valence-electron chi connectivity index (χ1n) is 6.03. The first-order chi connectivity index (χ1) is 8.91. The van der Waals surface area contributed by atoms with Crippen molar-refractivity contribution in [1.29, 1.82) is 0 Å². The SMILES string of the molecule is CC(C)NC(=O)CCNc1cccc(F)c1C(N)=S. The molecule has 0 spiro atoms. The number of benzene rings is 1. The topological polar surface area (TPSA) is 67.2 Å². The molecule has 0 heterocycles. The van der Waals surface area contributed by atoms with Crippen molar-refractivity contribution in [2.75, 3.05) is 11.9 Å². The summed E-state index contributed by atoms with van der Waals surface area (Å²) in [7, 11) is 0. The predicted molar refractivity (Wildman–Crippen MR) is 78.7 cm³/mol. The van der Waals surface area contributed by atoms with Gasteiger partial charge in [0, 0.05) is 24.7 Å². The number of halogens is 1. The molecule has 19 heavy (non-hydrogen) atoms. The summed E-state index contributed by atoms with van der Waals surface area (Å²) in [5, 5.41) is 5.75. The fraction of sp³-hybridized carbons (Fsp3) is 0.385. The second-order valence-corrected chi connectivity index (χ2v) is 4.87. The van der Waals surface area contributed by atoms with Crippen molar-refractivity contribution in [3.05, 3.63) is 29.6 Å². The Labute approximate surface area is 117 Å². The van der Waals surface area contributed by atoms with Gasteiger partial charge in [-0.15, -0.1) is 0 Å². The molecule has 1 amide bonds. The lowest BCUT2D eigenvalue weighted by Gasteiger charge is -2.12. The average molecular weight is 283 g/mol. The van der Waals surface area contributed by atoms with Gasteiger partial charge in [0.05, 0.1) is 5.56 Å². The molecular weight excluding hydrogens is 265 g/mol. The summed E-state index contributed by atoms with van der Waals surface area (Å²) < 4.78 is 13.6. The number of hydrogen-bond donors (Lipinski definition) is 3. The fourth-order valence-corrected chi connectivity index (χ4v) is 1.83. The minimum atomic E-state index is -0.468. The van der Waals surface area contributed by atoms with Crippen LogP contribution in [0.25, 0.3) is 0 Å². The van der Waals surface area contributed by atoms with Gasteiger partial charge in [0.1, 0.15) is 10.8 Å². The zero-order chi connectivity index (χ0) is 14.4.